The van der Waals surface area contributed by atoms with Crippen molar-refractivity contribution in [2.75, 3.05) is 32.7 Å². The van der Waals surface area contributed by atoms with Crippen molar-refractivity contribution in [2.45, 2.75) is 26.9 Å². The monoisotopic (exact) mass is 274 g/mol. The highest BCUT2D eigenvalue weighted by molar-refractivity contribution is 6.17. The van der Waals surface area contributed by atoms with Crippen LogP contribution >= 0.6 is 11.6 Å². The molecule has 0 saturated carbocycles. The summed E-state index contributed by atoms with van der Waals surface area (Å²) in [6.45, 7) is 8.22. The minimum atomic E-state index is 0.548. The third-order valence-electron chi connectivity index (χ3n) is 2.48. The number of aromatic nitrogens is 3. The molecule has 18 heavy (non-hydrogen) atoms. The second-order valence-corrected chi connectivity index (χ2v) is 5.17. The molecule has 0 N–H and O–H groups in total. The second-order valence-electron chi connectivity index (χ2n) is 4.79. The van der Waals surface area contributed by atoms with Crippen molar-refractivity contribution in [3.05, 3.63) is 12.2 Å². The summed E-state index contributed by atoms with van der Waals surface area (Å²) in [4.78, 5) is 6.48. The maximum atomic E-state index is 5.54. The zero-order valence-electron chi connectivity index (χ0n) is 11.5. The van der Waals surface area contributed by atoms with E-state index in [9.17, 15) is 0 Å². The van der Waals surface area contributed by atoms with Gasteiger partial charge < -0.3 is 4.74 Å². The van der Waals surface area contributed by atoms with Crippen molar-refractivity contribution in [1.82, 2.24) is 19.7 Å². The molecule has 0 amide bonds. The first kappa shape index (κ1) is 15.4. The fourth-order valence-electron chi connectivity index (χ4n) is 1.61. The Hall–Kier alpha value is -0.650. The standard InChI is InChI=1S/C12H23ClN4O/c1-11(2)8-17-12(14-10-15-17)9-16(3)5-7-18-6-4-13/h10-11H,4-9H2,1-3H3. The molecule has 0 aromatic carbocycles. The van der Waals surface area contributed by atoms with Crippen LogP contribution in [0, 0.1) is 5.92 Å². The SMILES string of the molecule is CC(C)Cn1ncnc1CN(C)CCOCCCl. The molecular weight excluding hydrogens is 252 g/mol. The molecule has 0 saturated heterocycles. The van der Waals surface area contributed by atoms with E-state index in [1.165, 1.54) is 0 Å². The zero-order valence-corrected chi connectivity index (χ0v) is 12.2. The van der Waals surface area contributed by atoms with E-state index < -0.39 is 0 Å². The van der Waals surface area contributed by atoms with Crippen LogP contribution < -0.4 is 0 Å². The first-order valence-electron chi connectivity index (χ1n) is 6.32. The third kappa shape index (κ3) is 5.80. The Kier molecular flexibility index (Phi) is 7.23. The Morgan fingerprint density at radius 2 is 2.22 bits per heavy atom. The van der Waals surface area contributed by atoms with Crippen LogP contribution in [0.15, 0.2) is 6.33 Å². The van der Waals surface area contributed by atoms with E-state index in [1.807, 2.05) is 4.68 Å². The molecular formula is C12H23ClN4O. The van der Waals surface area contributed by atoms with Crippen molar-refractivity contribution in [1.29, 1.82) is 0 Å². The Balaban J connectivity index is 2.34. The van der Waals surface area contributed by atoms with Crippen LogP contribution in [0.5, 0.6) is 0 Å². The molecule has 104 valence electrons. The van der Waals surface area contributed by atoms with Crippen LogP contribution in [0.3, 0.4) is 0 Å². The number of rotatable bonds is 9. The molecule has 0 bridgehead atoms. The molecule has 0 aliphatic heterocycles. The van der Waals surface area contributed by atoms with E-state index in [0.717, 1.165) is 25.5 Å². The van der Waals surface area contributed by atoms with Gasteiger partial charge >= 0.3 is 0 Å². The van der Waals surface area contributed by atoms with E-state index in [1.54, 1.807) is 6.33 Å². The van der Waals surface area contributed by atoms with Gasteiger partial charge in [-0.2, -0.15) is 5.10 Å². The molecule has 0 unspecified atom stereocenters. The summed E-state index contributed by atoms with van der Waals surface area (Å²) in [5.74, 6) is 2.12. The van der Waals surface area contributed by atoms with E-state index in [4.69, 9.17) is 16.3 Å². The van der Waals surface area contributed by atoms with E-state index in [-0.39, 0.29) is 0 Å². The van der Waals surface area contributed by atoms with Crippen LogP contribution in [0.1, 0.15) is 19.7 Å². The summed E-state index contributed by atoms with van der Waals surface area (Å²) in [6.07, 6.45) is 1.62. The van der Waals surface area contributed by atoms with Crippen molar-refractivity contribution in [3.63, 3.8) is 0 Å². The average molecular weight is 275 g/mol. The maximum absolute atomic E-state index is 5.54. The summed E-state index contributed by atoms with van der Waals surface area (Å²) in [6, 6.07) is 0. The van der Waals surface area contributed by atoms with Gasteiger partial charge in [0.15, 0.2) is 0 Å². The topological polar surface area (TPSA) is 43.2 Å². The Morgan fingerprint density at radius 1 is 1.44 bits per heavy atom. The van der Waals surface area contributed by atoms with Gasteiger partial charge in [0.25, 0.3) is 0 Å². The lowest BCUT2D eigenvalue weighted by Gasteiger charge is -2.17. The Bertz CT molecular complexity index is 330. The van der Waals surface area contributed by atoms with Gasteiger partial charge in [-0.05, 0) is 13.0 Å². The largest absolute Gasteiger partial charge is 0.379 e. The molecule has 0 aliphatic carbocycles. The lowest BCUT2D eigenvalue weighted by Crippen LogP contribution is -2.25. The van der Waals surface area contributed by atoms with E-state index in [2.05, 4.69) is 35.9 Å². The predicted octanol–water partition coefficient (Wildman–Crippen LogP) is 1.62. The summed E-state index contributed by atoms with van der Waals surface area (Å²) in [5.41, 5.74) is 0. The Labute approximate surface area is 114 Å². The smallest absolute Gasteiger partial charge is 0.141 e. The predicted molar refractivity (Wildman–Crippen MR) is 72.7 cm³/mol. The van der Waals surface area contributed by atoms with Crippen molar-refractivity contribution in [2.24, 2.45) is 5.92 Å². The minimum absolute atomic E-state index is 0.548. The number of ether oxygens (including phenoxy) is 1. The molecule has 6 heteroatoms. The van der Waals surface area contributed by atoms with Crippen LogP contribution in [0.25, 0.3) is 0 Å². The fraction of sp³-hybridized carbons (Fsp3) is 0.833. The molecule has 1 rings (SSSR count). The summed E-state index contributed by atoms with van der Waals surface area (Å²) in [7, 11) is 2.05. The van der Waals surface area contributed by atoms with Crippen LogP contribution in [0.2, 0.25) is 0 Å². The average Bonchev–Trinajstić information content (AvgIpc) is 2.71. The molecule has 5 nitrogen and oxygen atoms in total. The minimum Gasteiger partial charge on any atom is -0.379 e. The third-order valence-corrected chi connectivity index (χ3v) is 2.64. The summed E-state index contributed by atoms with van der Waals surface area (Å²) in [5, 5.41) is 4.25. The molecule has 1 aromatic heterocycles. The molecule has 0 fully saturated rings. The summed E-state index contributed by atoms with van der Waals surface area (Å²) >= 11 is 5.54. The first-order chi connectivity index (χ1) is 8.63. The van der Waals surface area contributed by atoms with E-state index in [0.29, 0.717) is 25.0 Å². The number of nitrogens with zero attached hydrogens (tertiary/aromatic N) is 4. The van der Waals surface area contributed by atoms with Gasteiger partial charge in [-0.25, -0.2) is 9.67 Å². The fourth-order valence-corrected chi connectivity index (χ4v) is 1.72. The number of hydrogen-bond donors (Lipinski definition) is 0. The lowest BCUT2D eigenvalue weighted by atomic mass is 10.2. The highest BCUT2D eigenvalue weighted by atomic mass is 35.5. The first-order valence-corrected chi connectivity index (χ1v) is 6.86. The lowest BCUT2D eigenvalue weighted by molar-refractivity contribution is 0.120. The number of alkyl halides is 1. The molecule has 1 heterocycles. The molecule has 0 atom stereocenters. The van der Waals surface area contributed by atoms with Crippen LogP contribution in [0.4, 0.5) is 0 Å². The molecule has 0 aliphatic rings. The van der Waals surface area contributed by atoms with Gasteiger partial charge in [0.1, 0.15) is 12.2 Å². The molecule has 0 spiro atoms. The highest BCUT2D eigenvalue weighted by Crippen LogP contribution is 2.03. The molecule has 0 radical (unpaired) electrons. The quantitative estimate of drug-likeness (QED) is 0.507. The van der Waals surface area contributed by atoms with Gasteiger partial charge in [0.2, 0.25) is 0 Å². The highest BCUT2D eigenvalue weighted by Gasteiger charge is 2.08. The van der Waals surface area contributed by atoms with Crippen molar-refractivity contribution >= 4 is 11.6 Å². The van der Waals surface area contributed by atoms with Crippen LogP contribution in [-0.4, -0.2) is 52.4 Å². The van der Waals surface area contributed by atoms with Gasteiger partial charge in [-0.1, -0.05) is 13.8 Å². The summed E-state index contributed by atoms with van der Waals surface area (Å²) < 4.78 is 7.32. The van der Waals surface area contributed by atoms with Crippen LogP contribution in [-0.2, 0) is 17.8 Å². The van der Waals surface area contributed by atoms with Gasteiger partial charge in [-0.3, -0.25) is 4.90 Å². The van der Waals surface area contributed by atoms with Crippen molar-refractivity contribution < 1.29 is 4.74 Å². The maximum Gasteiger partial charge on any atom is 0.141 e. The van der Waals surface area contributed by atoms with Gasteiger partial charge in [0, 0.05) is 19.0 Å². The van der Waals surface area contributed by atoms with Gasteiger partial charge in [-0.15, -0.1) is 11.6 Å². The Morgan fingerprint density at radius 3 is 2.89 bits per heavy atom. The zero-order chi connectivity index (χ0) is 13.4. The number of halogens is 1. The van der Waals surface area contributed by atoms with Gasteiger partial charge in [0.05, 0.1) is 19.8 Å². The normalized spacial score (nSPS) is 11.7. The number of hydrogen-bond acceptors (Lipinski definition) is 4. The number of likely N-dealkylation sites (N-methyl/N-ethyl adjacent to an activating group) is 1. The van der Waals surface area contributed by atoms with E-state index >= 15 is 0 Å². The second kappa shape index (κ2) is 8.45. The van der Waals surface area contributed by atoms with Crippen molar-refractivity contribution in [3.8, 4) is 0 Å². The molecule has 1 aromatic rings.